The van der Waals surface area contributed by atoms with Gasteiger partial charge >= 0.3 is 0 Å². The van der Waals surface area contributed by atoms with Crippen LogP contribution in [0.4, 0.5) is 0 Å². The Hall–Kier alpha value is -3.22. The number of aryl methyl sites for hydroxylation is 1. The number of nitrogens with one attached hydrogen (secondary N) is 3. The lowest BCUT2D eigenvalue weighted by Gasteiger charge is -2.05. The topological polar surface area (TPSA) is 99.8 Å². The molecule has 0 saturated heterocycles. The molecule has 2 amide bonds. The SMILES string of the molecule is Cc1ccc2nc(C(=O)NCCNC(=O)c3ccccn3)[nH]c2c1. The third-order valence-electron chi connectivity index (χ3n) is 3.45. The van der Waals surface area contributed by atoms with Crippen LogP contribution in [0.3, 0.4) is 0 Å². The summed E-state index contributed by atoms with van der Waals surface area (Å²) in [5.41, 5.74) is 3.00. The summed E-state index contributed by atoms with van der Waals surface area (Å²) in [6.45, 7) is 2.58. The molecule has 0 aliphatic rings. The summed E-state index contributed by atoms with van der Waals surface area (Å²) in [5.74, 6) is -0.327. The van der Waals surface area contributed by atoms with Crippen molar-refractivity contribution in [2.75, 3.05) is 13.1 Å². The third-order valence-corrected chi connectivity index (χ3v) is 3.45. The molecule has 0 radical (unpaired) electrons. The smallest absolute Gasteiger partial charge is 0.287 e. The number of aromatic nitrogens is 3. The predicted molar refractivity (Wildman–Crippen MR) is 89.7 cm³/mol. The maximum atomic E-state index is 12.1. The minimum Gasteiger partial charge on any atom is -0.349 e. The van der Waals surface area contributed by atoms with E-state index in [0.717, 1.165) is 16.6 Å². The number of fused-ring (bicyclic) bond motifs is 1. The highest BCUT2D eigenvalue weighted by molar-refractivity contribution is 5.94. The fourth-order valence-corrected chi connectivity index (χ4v) is 2.25. The van der Waals surface area contributed by atoms with Gasteiger partial charge < -0.3 is 15.6 Å². The molecular formula is C17H17N5O2. The highest BCUT2D eigenvalue weighted by atomic mass is 16.2. The van der Waals surface area contributed by atoms with E-state index < -0.39 is 0 Å². The summed E-state index contributed by atoms with van der Waals surface area (Å²) >= 11 is 0. The minimum atomic E-state index is -0.309. The normalized spacial score (nSPS) is 10.5. The first kappa shape index (κ1) is 15.7. The standard InChI is InChI=1S/C17H17N5O2/c1-11-5-6-12-14(10-11)22-15(21-12)17(24)20-9-8-19-16(23)13-4-2-3-7-18-13/h2-7,10H,8-9H2,1H3,(H,19,23)(H,20,24)(H,21,22). The number of amides is 2. The summed E-state index contributed by atoms with van der Waals surface area (Å²) in [6.07, 6.45) is 1.56. The molecule has 0 aliphatic heterocycles. The van der Waals surface area contributed by atoms with E-state index in [1.807, 2.05) is 25.1 Å². The molecule has 24 heavy (non-hydrogen) atoms. The number of pyridine rings is 1. The van der Waals surface area contributed by atoms with E-state index in [1.54, 1.807) is 24.4 Å². The summed E-state index contributed by atoms with van der Waals surface area (Å²) in [6, 6.07) is 10.9. The Kier molecular flexibility index (Phi) is 4.51. The highest BCUT2D eigenvalue weighted by Gasteiger charge is 2.11. The van der Waals surface area contributed by atoms with Gasteiger partial charge in [-0.2, -0.15) is 0 Å². The van der Waals surface area contributed by atoms with Gasteiger partial charge in [-0.3, -0.25) is 14.6 Å². The molecule has 0 unspecified atom stereocenters. The molecule has 0 atom stereocenters. The number of hydrogen-bond donors (Lipinski definition) is 3. The van der Waals surface area contributed by atoms with Crippen LogP contribution in [0.2, 0.25) is 0 Å². The van der Waals surface area contributed by atoms with Crippen LogP contribution < -0.4 is 10.6 Å². The molecule has 0 saturated carbocycles. The van der Waals surface area contributed by atoms with Crippen molar-refractivity contribution in [3.05, 3.63) is 59.7 Å². The molecule has 2 aromatic heterocycles. The number of imidazole rings is 1. The number of carbonyl (C=O) groups excluding carboxylic acids is 2. The van der Waals surface area contributed by atoms with Crippen molar-refractivity contribution in [3.8, 4) is 0 Å². The Morgan fingerprint density at radius 2 is 1.88 bits per heavy atom. The number of rotatable bonds is 5. The van der Waals surface area contributed by atoms with Crippen molar-refractivity contribution in [1.82, 2.24) is 25.6 Å². The van der Waals surface area contributed by atoms with Crippen molar-refractivity contribution in [1.29, 1.82) is 0 Å². The first-order chi connectivity index (χ1) is 11.6. The Labute approximate surface area is 138 Å². The molecule has 7 heteroatoms. The van der Waals surface area contributed by atoms with Crippen LogP contribution in [0.25, 0.3) is 11.0 Å². The fraction of sp³-hybridized carbons (Fsp3) is 0.176. The van der Waals surface area contributed by atoms with Gasteiger partial charge in [0, 0.05) is 19.3 Å². The number of carbonyl (C=O) groups is 2. The molecule has 0 aliphatic carbocycles. The highest BCUT2D eigenvalue weighted by Crippen LogP contribution is 2.12. The first-order valence-corrected chi connectivity index (χ1v) is 7.57. The summed E-state index contributed by atoms with van der Waals surface area (Å²) < 4.78 is 0. The van der Waals surface area contributed by atoms with Crippen LogP contribution in [0.15, 0.2) is 42.6 Å². The number of benzene rings is 1. The molecule has 122 valence electrons. The number of hydrogen-bond acceptors (Lipinski definition) is 4. The Morgan fingerprint density at radius 3 is 2.62 bits per heavy atom. The average molecular weight is 323 g/mol. The van der Waals surface area contributed by atoms with Crippen LogP contribution in [-0.2, 0) is 0 Å². The van der Waals surface area contributed by atoms with E-state index in [2.05, 4.69) is 25.6 Å². The molecule has 0 fully saturated rings. The van der Waals surface area contributed by atoms with Gasteiger partial charge in [-0.1, -0.05) is 12.1 Å². The number of aromatic amines is 1. The first-order valence-electron chi connectivity index (χ1n) is 7.57. The Balaban J connectivity index is 1.51. The molecule has 2 heterocycles. The van der Waals surface area contributed by atoms with Crippen LogP contribution in [0, 0.1) is 6.92 Å². The van der Waals surface area contributed by atoms with E-state index in [4.69, 9.17) is 0 Å². The zero-order valence-electron chi connectivity index (χ0n) is 13.2. The van der Waals surface area contributed by atoms with E-state index in [9.17, 15) is 9.59 Å². The average Bonchev–Trinajstić information content (AvgIpc) is 3.02. The van der Waals surface area contributed by atoms with Crippen molar-refractivity contribution in [2.45, 2.75) is 6.92 Å². The van der Waals surface area contributed by atoms with Gasteiger partial charge in [0.2, 0.25) is 0 Å². The van der Waals surface area contributed by atoms with Gasteiger partial charge in [-0.25, -0.2) is 4.98 Å². The van der Waals surface area contributed by atoms with Crippen molar-refractivity contribution >= 4 is 22.8 Å². The van der Waals surface area contributed by atoms with Gasteiger partial charge in [0.1, 0.15) is 5.69 Å². The predicted octanol–water partition coefficient (Wildman–Crippen LogP) is 1.43. The lowest BCUT2D eigenvalue weighted by atomic mass is 10.2. The Morgan fingerprint density at radius 1 is 1.08 bits per heavy atom. The van der Waals surface area contributed by atoms with Gasteiger partial charge in [0.15, 0.2) is 5.82 Å². The van der Waals surface area contributed by atoms with E-state index >= 15 is 0 Å². The van der Waals surface area contributed by atoms with Crippen molar-refractivity contribution in [3.63, 3.8) is 0 Å². The van der Waals surface area contributed by atoms with Crippen LogP contribution in [0.1, 0.15) is 26.7 Å². The van der Waals surface area contributed by atoms with E-state index in [-0.39, 0.29) is 17.6 Å². The van der Waals surface area contributed by atoms with Gasteiger partial charge in [0.05, 0.1) is 11.0 Å². The molecule has 3 aromatic rings. The van der Waals surface area contributed by atoms with E-state index in [0.29, 0.717) is 18.8 Å². The molecule has 1 aromatic carbocycles. The van der Waals surface area contributed by atoms with Crippen LogP contribution in [0.5, 0.6) is 0 Å². The number of H-pyrrole nitrogens is 1. The molecule has 0 bridgehead atoms. The Bertz CT molecular complexity index is 873. The quantitative estimate of drug-likeness (QED) is 0.618. The van der Waals surface area contributed by atoms with Gasteiger partial charge in [-0.05, 0) is 36.8 Å². The van der Waals surface area contributed by atoms with Gasteiger partial charge in [-0.15, -0.1) is 0 Å². The zero-order valence-corrected chi connectivity index (χ0v) is 13.2. The molecule has 0 spiro atoms. The summed E-state index contributed by atoms with van der Waals surface area (Å²) in [4.78, 5) is 35.1. The second-order valence-corrected chi connectivity index (χ2v) is 5.33. The van der Waals surface area contributed by atoms with Crippen molar-refractivity contribution in [2.24, 2.45) is 0 Å². The minimum absolute atomic E-state index is 0.256. The second kappa shape index (κ2) is 6.91. The summed E-state index contributed by atoms with van der Waals surface area (Å²) in [7, 11) is 0. The lowest BCUT2D eigenvalue weighted by Crippen LogP contribution is -2.35. The molecule has 3 rings (SSSR count). The molecular weight excluding hydrogens is 306 g/mol. The second-order valence-electron chi connectivity index (χ2n) is 5.33. The maximum absolute atomic E-state index is 12.1. The monoisotopic (exact) mass is 323 g/mol. The zero-order chi connectivity index (χ0) is 16.9. The molecule has 3 N–H and O–H groups in total. The molecule has 7 nitrogen and oxygen atoms in total. The van der Waals surface area contributed by atoms with Crippen LogP contribution >= 0.6 is 0 Å². The summed E-state index contributed by atoms with van der Waals surface area (Å²) in [5, 5.41) is 5.41. The van der Waals surface area contributed by atoms with Crippen LogP contribution in [-0.4, -0.2) is 39.9 Å². The number of nitrogens with zero attached hydrogens (tertiary/aromatic N) is 2. The van der Waals surface area contributed by atoms with E-state index in [1.165, 1.54) is 0 Å². The van der Waals surface area contributed by atoms with Crippen molar-refractivity contribution < 1.29 is 9.59 Å². The lowest BCUT2D eigenvalue weighted by molar-refractivity contribution is 0.0920. The third kappa shape index (κ3) is 3.57. The fourth-order valence-electron chi connectivity index (χ4n) is 2.25. The van der Waals surface area contributed by atoms with Gasteiger partial charge in [0.25, 0.3) is 11.8 Å². The maximum Gasteiger partial charge on any atom is 0.287 e. The largest absolute Gasteiger partial charge is 0.349 e.